The van der Waals surface area contributed by atoms with Crippen LogP contribution < -0.4 is 9.64 Å². The van der Waals surface area contributed by atoms with Crippen LogP contribution in [0.1, 0.15) is 34.6 Å². The zero-order chi connectivity index (χ0) is 18.2. The normalized spacial score (nSPS) is 23.1. The molecule has 1 aromatic heterocycles. The fraction of sp³-hybridized carbons (Fsp3) is 0.684. The SMILES string of the molecule is CC(C)Oc1cncc(N2C[C@H]3CN(C(=O)OC(C)(C)C)C[C@H]3C2)c1. The van der Waals surface area contributed by atoms with Gasteiger partial charge in [-0.1, -0.05) is 0 Å². The molecule has 2 fully saturated rings. The van der Waals surface area contributed by atoms with Crippen molar-refractivity contribution in [3.63, 3.8) is 0 Å². The number of hydrogen-bond acceptors (Lipinski definition) is 5. The molecule has 2 aliphatic heterocycles. The van der Waals surface area contributed by atoms with Gasteiger partial charge in [-0.15, -0.1) is 0 Å². The lowest BCUT2D eigenvalue weighted by Gasteiger charge is -2.26. The van der Waals surface area contributed by atoms with Crippen LogP contribution in [0.25, 0.3) is 0 Å². The maximum Gasteiger partial charge on any atom is 0.410 e. The Balaban J connectivity index is 1.59. The van der Waals surface area contributed by atoms with E-state index >= 15 is 0 Å². The van der Waals surface area contributed by atoms with Crippen LogP contribution in [-0.4, -0.2) is 53.9 Å². The molecule has 6 heteroatoms. The number of carbonyl (C=O) groups is 1. The van der Waals surface area contributed by atoms with Gasteiger partial charge in [-0.3, -0.25) is 4.98 Å². The molecule has 0 spiro atoms. The molecule has 1 aromatic rings. The molecule has 2 atom stereocenters. The van der Waals surface area contributed by atoms with E-state index in [1.807, 2.05) is 45.7 Å². The van der Waals surface area contributed by atoms with E-state index in [1.54, 1.807) is 6.20 Å². The Morgan fingerprint density at radius 2 is 1.80 bits per heavy atom. The first-order chi connectivity index (χ1) is 11.7. The number of hydrogen-bond donors (Lipinski definition) is 0. The van der Waals surface area contributed by atoms with Crippen molar-refractivity contribution in [3.05, 3.63) is 18.5 Å². The van der Waals surface area contributed by atoms with Crippen molar-refractivity contribution in [2.24, 2.45) is 11.8 Å². The van der Waals surface area contributed by atoms with Crippen LogP contribution in [0.15, 0.2) is 18.5 Å². The van der Waals surface area contributed by atoms with Crippen molar-refractivity contribution in [2.75, 3.05) is 31.1 Å². The summed E-state index contributed by atoms with van der Waals surface area (Å²) in [5, 5.41) is 0. The number of aromatic nitrogens is 1. The smallest absolute Gasteiger partial charge is 0.410 e. The van der Waals surface area contributed by atoms with E-state index in [1.165, 1.54) is 0 Å². The van der Waals surface area contributed by atoms with Crippen LogP contribution in [0, 0.1) is 11.8 Å². The van der Waals surface area contributed by atoms with Gasteiger partial charge in [0.1, 0.15) is 11.4 Å². The van der Waals surface area contributed by atoms with Crippen LogP contribution >= 0.6 is 0 Å². The number of amides is 1. The van der Waals surface area contributed by atoms with Crippen molar-refractivity contribution >= 4 is 11.8 Å². The second kappa shape index (κ2) is 6.73. The minimum Gasteiger partial charge on any atom is -0.489 e. The van der Waals surface area contributed by atoms with E-state index < -0.39 is 5.60 Å². The number of nitrogens with zero attached hydrogens (tertiary/aromatic N) is 3. The van der Waals surface area contributed by atoms with E-state index in [0.717, 1.165) is 37.6 Å². The molecule has 6 nitrogen and oxygen atoms in total. The minimum absolute atomic E-state index is 0.136. The maximum absolute atomic E-state index is 12.3. The second-order valence-corrected chi connectivity index (χ2v) is 8.36. The molecule has 0 unspecified atom stereocenters. The summed E-state index contributed by atoms with van der Waals surface area (Å²) in [6.07, 6.45) is 3.59. The van der Waals surface area contributed by atoms with E-state index in [2.05, 4.69) is 16.0 Å². The van der Waals surface area contributed by atoms with Gasteiger partial charge in [0.15, 0.2) is 0 Å². The molecular formula is C19H29N3O3. The van der Waals surface area contributed by atoms with Crippen molar-refractivity contribution < 1.29 is 14.3 Å². The van der Waals surface area contributed by atoms with Crippen LogP contribution in [0.2, 0.25) is 0 Å². The first-order valence-electron chi connectivity index (χ1n) is 9.06. The van der Waals surface area contributed by atoms with E-state index in [9.17, 15) is 4.79 Å². The van der Waals surface area contributed by atoms with Gasteiger partial charge in [0.25, 0.3) is 0 Å². The average molecular weight is 347 g/mol. The van der Waals surface area contributed by atoms with Crippen molar-refractivity contribution in [1.29, 1.82) is 0 Å². The number of fused-ring (bicyclic) bond motifs is 1. The summed E-state index contributed by atoms with van der Waals surface area (Å²) < 4.78 is 11.2. The number of anilines is 1. The van der Waals surface area contributed by atoms with Crippen LogP contribution in [-0.2, 0) is 4.74 Å². The third-order valence-electron chi connectivity index (χ3n) is 4.57. The van der Waals surface area contributed by atoms with Crippen molar-refractivity contribution in [1.82, 2.24) is 9.88 Å². The standard InChI is InChI=1S/C19H29N3O3/c1-13(2)24-17-6-16(7-20-8-17)21-9-14-11-22(12-15(14)10-21)18(23)25-19(3,4)5/h6-8,13-15H,9-12H2,1-5H3/t14-,15+. The molecule has 25 heavy (non-hydrogen) atoms. The fourth-order valence-corrected chi connectivity index (χ4v) is 3.60. The highest BCUT2D eigenvalue weighted by molar-refractivity contribution is 5.68. The quantitative estimate of drug-likeness (QED) is 0.841. The largest absolute Gasteiger partial charge is 0.489 e. The zero-order valence-corrected chi connectivity index (χ0v) is 15.9. The first-order valence-corrected chi connectivity index (χ1v) is 9.06. The summed E-state index contributed by atoms with van der Waals surface area (Å²) in [4.78, 5) is 20.8. The molecule has 0 aromatic carbocycles. The third kappa shape index (κ3) is 4.35. The number of carbonyl (C=O) groups excluding carboxylic acids is 1. The van der Waals surface area contributed by atoms with E-state index in [-0.39, 0.29) is 12.2 Å². The summed E-state index contributed by atoms with van der Waals surface area (Å²) in [6, 6.07) is 2.06. The lowest BCUT2D eigenvalue weighted by atomic mass is 10.0. The Bertz CT molecular complexity index is 613. The average Bonchev–Trinajstić information content (AvgIpc) is 3.03. The summed E-state index contributed by atoms with van der Waals surface area (Å²) in [7, 11) is 0. The van der Waals surface area contributed by atoms with Gasteiger partial charge < -0.3 is 19.3 Å². The first kappa shape index (κ1) is 17.8. The Hall–Kier alpha value is -1.98. The van der Waals surface area contributed by atoms with Gasteiger partial charge in [0, 0.05) is 44.1 Å². The predicted molar refractivity (Wildman–Crippen MR) is 97.0 cm³/mol. The molecule has 0 bridgehead atoms. The second-order valence-electron chi connectivity index (χ2n) is 8.36. The van der Waals surface area contributed by atoms with Crippen LogP contribution in [0.3, 0.4) is 0 Å². The molecule has 0 N–H and O–H groups in total. The van der Waals surface area contributed by atoms with Gasteiger partial charge in [-0.05, 0) is 34.6 Å². The van der Waals surface area contributed by atoms with Crippen molar-refractivity contribution in [2.45, 2.75) is 46.3 Å². The molecule has 0 radical (unpaired) electrons. The van der Waals surface area contributed by atoms with Crippen molar-refractivity contribution in [3.8, 4) is 5.75 Å². The van der Waals surface area contributed by atoms with E-state index in [0.29, 0.717) is 11.8 Å². The number of ether oxygens (including phenoxy) is 2. The molecule has 0 saturated carbocycles. The summed E-state index contributed by atoms with van der Waals surface area (Å²) in [6.45, 7) is 13.2. The zero-order valence-electron chi connectivity index (χ0n) is 15.9. The monoisotopic (exact) mass is 347 g/mol. The Labute approximate surface area is 150 Å². The molecule has 3 heterocycles. The van der Waals surface area contributed by atoms with Crippen LogP contribution in [0.5, 0.6) is 5.75 Å². The van der Waals surface area contributed by atoms with Gasteiger partial charge in [0.05, 0.1) is 24.2 Å². The molecule has 0 aliphatic carbocycles. The highest BCUT2D eigenvalue weighted by atomic mass is 16.6. The lowest BCUT2D eigenvalue weighted by Crippen LogP contribution is -2.37. The fourth-order valence-electron chi connectivity index (χ4n) is 3.60. The third-order valence-corrected chi connectivity index (χ3v) is 4.57. The summed E-state index contributed by atoms with van der Waals surface area (Å²) >= 11 is 0. The highest BCUT2D eigenvalue weighted by Crippen LogP contribution is 2.35. The molecule has 2 aliphatic rings. The number of pyridine rings is 1. The van der Waals surface area contributed by atoms with Gasteiger partial charge in [0.2, 0.25) is 0 Å². The van der Waals surface area contributed by atoms with Gasteiger partial charge in [-0.2, -0.15) is 0 Å². The lowest BCUT2D eigenvalue weighted by molar-refractivity contribution is 0.0282. The van der Waals surface area contributed by atoms with Crippen LogP contribution in [0.4, 0.5) is 10.5 Å². The molecule has 3 rings (SSSR count). The predicted octanol–water partition coefficient (Wildman–Crippen LogP) is 3.17. The highest BCUT2D eigenvalue weighted by Gasteiger charge is 2.42. The maximum atomic E-state index is 12.3. The Morgan fingerprint density at radius 3 is 2.36 bits per heavy atom. The molecule has 2 saturated heterocycles. The van der Waals surface area contributed by atoms with E-state index in [4.69, 9.17) is 9.47 Å². The molecule has 138 valence electrons. The van der Waals surface area contributed by atoms with Gasteiger partial charge in [-0.25, -0.2) is 4.79 Å². The Morgan fingerprint density at radius 1 is 1.16 bits per heavy atom. The number of rotatable bonds is 3. The van der Waals surface area contributed by atoms with Gasteiger partial charge >= 0.3 is 6.09 Å². The summed E-state index contributed by atoms with van der Waals surface area (Å²) in [5.41, 5.74) is 0.653. The minimum atomic E-state index is -0.441. The number of likely N-dealkylation sites (tertiary alicyclic amines) is 1. The molecular weight excluding hydrogens is 318 g/mol. The summed E-state index contributed by atoms with van der Waals surface area (Å²) in [5.74, 6) is 1.78. The Kier molecular flexibility index (Phi) is 4.80. The molecule has 1 amide bonds. The topological polar surface area (TPSA) is 54.9 Å².